The Labute approximate surface area is 120 Å². The summed E-state index contributed by atoms with van der Waals surface area (Å²) in [6.07, 6.45) is 5.04. The van der Waals surface area contributed by atoms with Crippen LogP contribution in [0.25, 0.3) is 0 Å². The molecule has 0 aromatic rings. The van der Waals surface area contributed by atoms with E-state index in [1.165, 1.54) is 12.8 Å². The zero-order valence-electron chi connectivity index (χ0n) is 12.4. The molecular weight excluding hydrogens is 258 g/mol. The van der Waals surface area contributed by atoms with E-state index in [9.17, 15) is 9.59 Å². The Morgan fingerprint density at radius 3 is 2.50 bits per heavy atom. The lowest BCUT2D eigenvalue weighted by atomic mass is 10.2. The summed E-state index contributed by atoms with van der Waals surface area (Å²) in [6, 6.07) is 0.257. The second kappa shape index (κ2) is 9.58. The normalized spacial score (nSPS) is 16.9. The van der Waals surface area contributed by atoms with Crippen LogP contribution in [0.15, 0.2) is 0 Å². The first-order valence-electron chi connectivity index (χ1n) is 7.57. The Balaban J connectivity index is 1.95. The number of urea groups is 1. The van der Waals surface area contributed by atoms with Crippen LogP contribution in [0.2, 0.25) is 0 Å². The summed E-state index contributed by atoms with van der Waals surface area (Å²) in [7, 11) is 0. The summed E-state index contributed by atoms with van der Waals surface area (Å²) >= 11 is 0. The zero-order valence-corrected chi connectivity index (χ0v) is 12.4. The molecule has 20 heavy (non-hydrogen) atoms. The fourth-order valence-corrected chi connectivity index (χ4v) is 2.39. The van der Waals surface area contributed by atoms with Gasteiger partial charge >= 0.3 is 12.0 Å². The van der Waals surface area contributed by atoms with Crippen LogP contribution in [0.4, 0.5) is 4.79 Å². The fraction of sp³-hybridized carbons (Fsp3) is 0.857. The number of hydrogen-bond donors (Lipinski definition) is 3. The molecule has 1 atom stereocenters. The number of carbonyl (C=O) groups excluding carboxylic acids is 1. The number of carboxylic acids is 1. The van der Waals surface area contributed by atoms with Gasteiger partial charge in [0.15, 0.2) is 0 Å². The standard InChI is InChI=1S/C14H27N3O3/c1-12(17-9-5-6-10-17)11-16-14(20)15-8-4-2-3-7-13(18)19/h12H,2-11H2,1H3,(H,18,19)(H2,15,16,20). The molecule has 1 heterocycles. The van der Waals surface area contributed by atoms with Gasteiger partial charge < -0.3 is 15.7 Å². The van der Waals surface area contributed by atoms with Crippen molar-refractivity contribution in [3.05, 3.63) is 0 Å². The average molecular weight is 285 g/mol. The number of likely N-dealkylation sites (tertiary alicyclic amines) is 1. The summed E-state index contributed by atoms with van der Waals surface area (Å²) in [5, 5.41) is 14.2. The molecule has 1 unspecified atom stereocenters. The van der Waals surface area contributed by atoms with E-state index in [4.69, 9.17) is 5.11 Å². The molecule has 0 bridgehead atoms. The number of carboxylic acid groups (broad SMARTS) is 1. The van der Waals surface area contributed by atoms with Gasteiger partial charge in [-0.05, 0) is 45.7 Å². The summed E-state index contributed by atoms with van der Waals surface area (Å²) < 4.78 is 0. The molecule has 1 fully saturated rings. The minimum Gasteiger partial charge on any atom is -0.481 e. The van der Waals surface area contributed by atoms with Gasteiger partial charge in [-0.15, -0.1) is 0 Å². The van der Waals surface area contributed by atoms with E-state index in [1.54, 1.807) is 0 Å². The average Bonchev–Trinajstić information content (AvgIpc) is 2.93. The van der Waals surface area contributed by atoms with E-state index in [-0.39, 0.29) is 12.5 Å². The predicted molar refractivity (Wildman–Crippen MR) is 77.8 cm³/mol. The zero-order chi connectivity index (χ0) is 14.8. The first-order chi connectivity index (χ1) is 9.59. The molecule has 3 N–H and O–H groups in total. The largest absolute Gasteiger partial charge is 0.481 e. The van der Waals surface area contributed by atoms with Crippen LogP contribution < -0.4 is 10.6 Å². The van der Waals surface area contributed by atoms with Crippen molar-refractivity contribution < 1.29 is 14.7 Å². The lowest BCUT2D eigenvalue weighted by molar-refractivity contribution is -0.137. The lowest BCUT2D eigenvalue weighted by Gasteiger charge is -2.23. The molecule has 0 radical (unpaired) electrons. The van der Waals surface area contributed by atoms with Crippen LogP contribution in [0, 0.1) is 0 Å². The smallest absolute Gasteiger partial charge is 0.314 e. The van der Waals surface area contributed by atoms with Crippen LogP contribution in [0.3, 0.4) is 0 Å². The molecule has 0 aromatic carbocycles. The van der Waals surface area contributed by atoms with Crippen LogP contribution in [0.5, 0.6) is 0 Å². The maximum atomic E-state index is 11.6. The molecule has 1 aliphatic rings. The van der Waals surface area contributed by atoms with Crippen molar-refractivity contribution in [1.82, 2.24) is 15.5 Å². The predicted octanol–water partition coefficient (Wildman–Crippen LogP) is 1.41. The molecule has 6 nitrogen and oxygen atoms in total. The molecule has 0 aliphatic carbocycles. The third-order valence-corrected chi connectivity index (χ3v) is 3.68. The summed E-state index contributed by atoms with van der Waals surface area (Å²) in [5.41, 5.74) is 0. The highest BCUT2D eigenvalue weighted by molar-refractivity contribution is 5.73. The minimum absolute atomic E-state index is 0.130. The molecule has 0 saturated carbocycles. The molecule has 0 spiro atoms. The Morgan fingerprint density at radius 2 is 1.85 bits per heavy atom. The van der Waals surface area contributed by atoms with E-state index >= 15 is 0 Å². The van der Waals surface area contributed by atoms with Crippen molar-refractivity contribution in [3.8, 4) is 0 Å². The minimum atomic E-state index is -0.758. The van der Waals surface area contributed by atoms with Gasteiger partial charge in [0.25, 0.3) is 0 Å². The van der Waals surface area contributed by atoms with Crippen molar-refractivity contribution in [2.45, 2.75) is 51.5 Å². The van der Waals surface area contributed by atoms with E-state index in [1.807, 2.05) is 0 Å². The topological polar surface area (TPSA) is 81.7 Å². The van der Waals surface area contributed by atoms with Crippen molar-refractivity contribution in [2.24, 2.45) is 0 Å². The number of rotatable bonds is 9. The van der Waals surface area contributed by atoms with Crippen molar-refractivity contribution in [1.29, 1.82) is 0 Å². The lowest BCUT2D eigenvalue weighted by Crippen LogP contribution is -2.44. The van der Waals surface area contributed by atoms with Crippen molar-refractivity contribution >= 4 is 12.0 Å². The van der Waals surface area contributed by atoms with E-state index in [0.717, 1.165) is 25.9 Å². The van der Waals surface area contributed by atoms with Crippen LogP contribution in [0.1, 0.15) is 45.4 Å². The van der Waals surface area contributed by atoms with Gasteiger partial charge in [0.1, 0.15) is 0 Å². The van der Waals surface area contributed by atoms with Gasteiger partial charge in [-0.25, -0.2) is 4.79 Å². The number of hydrogen-bond acceptors (Lipinski definition) is 3. The molecular formula is C14H27N3O3. The first kappa shape index (κ1) is 16.8. The highest BCUT2D eigenvalue weighted by Gasteiger charge is 2.18. The summed E-state index contributed by atoms with van der Waals surface area (Å²) in [5.74, 6) is -0.758. The SMILES string of the molecule is CC(CNC(=O)NCCCCCC(=O)O)N1CCCC1. The maximum Gasteiger partial charge on any atom is 0.314 e. The van der Waals surface area contributed by atoms with Gasteiger partial charge in [-0.2, -0.15) is 0 Å². The van der Waals surface area contributed by atoms with E-state index in [2.05, 4.69) is 22.5 Å². The van der Waals surface area contributed by atoms with Gasteiger partial charge in [0, 0.05) is 25.6 Å². The molecule has 6 heteroatoms. The van der Waals surface area contributed by atoms with E-state index < -0.39 is 5.97 Å². The van der Waals surface area contributed by atoms with Gasteiger partial charge in [0.05, 0.1) is 0 Å². The first-order valence-corrected chi connectivity index (χ1v) is 7.57. The molecule has 1 aliphatic heterocycles. The number of aliphatic carboxylic acids is 1. The maximum absolute atomic E-state index is 11.6. The Kier molecular flexibility index (Phi) is 8.02. The van der Waals surface area contributed by atoms with Crippen LogP contribution in [-0.2, 0) is 4.79 Å². The number of unbranched alkanes of at least 4 members (excludes halogenated alkanes) is 2. The molecule has 2 amide bonds. The molecule has 1 saturated heterocycles. The van der Waals surface area contributed by atoms with Gasteiger partial charge in [-0.1, -0.05) is 6.42 Å². The Bertz CT molecular complexity index is 304. The molecule has 0 aromatic heterocycles. The van der Waals surface area contributed by atoms with Crippen LogP contribution >= 0.6 is 0 Å². The molecule has 1 rings (SSSR count). The number of nitrogens with one attached hydrogen (secondary N) is 2. The number of amides is 2. The highest BCUT2D eigenvalue weighted by atomic mass is 16.4. The highest BCUT2D eigenvalue weighted by Crippen LogP contribution is 2.10. The van der Waals surface area contributed by atoms with Crippen molar-refractivity contribution in [2.75, 3.05) is 26.2 Å². The second-order valence-electron chi connectivity index (χ2n) is 5.43. The Hall–Kier alpha value is -1.30. The fourth-order valence-electron chi connectivity index (χ4n) is 2.39. The van der Waals surface area contributed by atoms with Crippen LogP contribution in [-0.4, -0.2) is 54.2 Å². The summed E-state index contributed by atoms with van der Waals surface area (Å²) in [6.45, 7) is 5.67. The molecule has 116 valence electrons. The Morgan fingerprint density at radius 1 is 1.15 bits per heavy atom. The number of nitrogens with zero attached hydrogens (tertiary/aromatic N) is 1. The monoisotopic (exact) mass is 285 g/mol. The quantitative estimate of drug-likeness (QED) is 0.560. The van der Waals surface area contributed by atoms with E-state index in [0.29, 0.717) is 25.6 Å². The van der Waals surface area contributed by atoms with Crippen molar-refractivity contribution in [3.63, 3.8) is 0 Å². The third-order valence-electron chi connectivity index (χ3n) is 3.68. The number of carbonyl (C=O) groups is 2. The summed E-state index contributed by atoms with van der Waals surface area (Å²) in [4.78, 5) is 24.3. The second-order valence-corrected chi connectivity index (χ2v) is 5.43. The van der Waals surface area contributed by atoms with Gasteiger partial charge in [-0.3, -0.25) is 9.69 Å². The van der Waals surface area contributed by atoms with Gasteiger partial charge in [0.2, 0.25) is 0 Å². The third kappa shape index (κ3) is 7.33.